The zero-order chi connectivity index (χ0) is 13.2. The predicted octanol–water partition coefficient (Wildman–Crippen LogP) is 1.13. The molecule has 2 rings (SSSR count). The lowest BCUT2D eigenvalue weighted by Crippen LogP contribution is -2.04. The molecule has 0 aromatic carbocycles. The molecule has 0 radical (unpaired) electrons. The number of aromatic amines is 1. The Bertz CT molecular complexity index is 631. The van der Waals surface area contributed by atoms with Crippen LogP contribution in [-0.2, 0) is 16.4 Å². The van der Waals surface area contributed by atoms with E-state index in [1.807, 2.05) is 6.92 Å². The van der Waals surface area contributed by atoms with E-state index in [9.17, 15) is 8.42 Å². The van der Waals surface area contributed by atoms with E-state index in [2.05, 4.69) is 20.3 Å². The van der Waals surface area contributed by atoms with Crippen molar-refractivity contribution in [2.24, 2.45) is 0 Å². The van der Waals surface area contributed by atoms with Gasteiger partial charge in [0.25, 0.3) is 0 Å². The van der Waals surface area contributed by atoms with Crippen LogP contribution in [0.4, 0.5) is 5.69 Å². The summed E-state index contributed by atoms with van der Waals surface area (Å²) in [6.07, 6.45) is 4.27. The fourth-order valence-corrected chi connectivity index (χ4v) is 2.01. The van der Waals surface area contributed by atoms with Gasteiger partial charge in [0.05, 0.1) is 30.5 Å². The number of imidazole rings is 1. The molecule has 7 heteroatoms. The number of nitrogens with one attached hydrogen (secondary N) is 2. The van der Waals surface area contributed by atoms with Gasteiger partial charge in [-0.2, -0.15) is 0 Å². The maximum atomic E-state index is 11.2. The second-order valence-corrected chi connectivity index (χ2v) is 5.95. The number of pyridine rings is 1. The van der Waals surface area contributed by atoms with Crippen molar-refractivity contribution in [2.45, 2.75) is 18.5 Å². The van der Waals surface area contributed by atoms with Crippen molar-refractivity contribution in [2.75, 3.05) is 11.6 Å². The molecular formula is C11H14N4O2S. The van der Waals surface area contributed by atoms with Crippen LogP contribution in [0.1, 0.15) is 11.4 Å². The van der Waals surface area contributed by atoms with E-state index in [0.717, 1.165) is 23.3 Å². The summed E-state index contributed by atoms with van der Waals surface area (Å²) in [5, 5.41) is 3.20. The summed E-state index contributed by atoms with van der Waals surface area (Å²) in [5.41, 5.74) is 2.68. The minimum atomic E-state index is -3.24. The van der Waals surface area contributed by atoms with E-state index >= 15 is 0 Å². The summed E-state index contributed by atoms with van der Waals surface area (Å²) in [4.78, 5) is 11.0. The van der Waals surface area contributed by atoms with Crippen LogP contribution in [0.25, 0.3) is 0 Å². The van der Waals surface area contributed by atoms with Crippen molar-refractivity contribution < 1.29 is 8.42 Å². The number of hydrogen-bond acceptors (Lipinski definition) is 5. The average molecular weight is 266 g/mol. The number of sulfone groups is 1. The van der Waals surface area contributed by atoms with Crippen molar-refractivity contribution in [3.8, 4) is 0 Å². The third-order valence-corrected chi connectivity index (χ3v) is 3.51. The van der Waals surface area contributed by atoms with Gasteiger partial charge in [0.1, 0.15) is 0 Å². The lowest BCUT2D eigenvalue weighted by Gasteiger charge is -2.05. The largest absolute Gasteiger partial charge is 0.378 e. The fourth-order valence-electron chi connectivity index (χ4n) is 1.46. The average Bonchev–Trinajstić information content (AvgIpc) is 2.72. The lowest BCUT2D eigenvalue weighted by molar-refractivity contribution is 0.598. The van der Waals surface area contributed by atoms with Crippen molar-refractivity contribution in [3.05, 3.63) is 36.0 Å². The Hall–Kier alpha value is -1.89. The summed E-state index contributed by atoms with van der Waals surface area (Å²) < 4.78 is 22.5. The summed E-state index contributed by atoms with van der Waals surface area (Å²) >= 11 is 0. The molecule has 0 saturated carbocycles. The van der Waals surface area contributed by atoms with Crippen LogP contribution in [0.15, 0.2) is 29.7 Å². The Labute approximate surface area is 105 Å². The van der Waals surface area contributed by atoms with Crippen LogP contribution in [0, 0.1) is 6.92 Å². The minimum Gasteiger partial charge on any atom is -0.378 e. The molecule has 0 aliphatic rings. The molecular weight excluding hydrogens is 252 g/mol. The van der Waals surface area contributed by atoms with E-state index in [4.69, 9.17) is 0 Å². The molecule has 0 fully saturated rings. The Kier molecular flexibility index (Phi) is 3.33. The van der Waals surface area contributed by atoms with Crippen molar-refractivity contribution in [1.29, 1.82) is 0 Å². The standard InChI is InChI=1S/C11H14N4O2S/c1-8-10(15-7-14-8)6-12-9-3-4-11(13-5-9)18(2,16)17/h3-5,7,12H,6H2,1-2H3,(H,14,15). The molecule has 2 heterocycles. The minimum absolute atomic E-state index is 0.0731. The molecule has 0 atom stereocenters. The van der Waals surface area contributed by atoms with Crippen molar-refractivity contribution in [1.82, 2.24) is 15.0 Å². The van der Waals surface area contributed by atoms with Crippen LogP contribution >= 0.6 is 0 Å². The zero-order valence-electron chi connectivity index (χ0n) is 10.1. The first kappa shape index (κ1) is 12.6. The first-order chi connectivity index (χ1) is 8.47. The van der Waals surface area contributed by atoms with Gasteiger partial charge in [0, 0.05) is 11.9 Å². The van der Waals surface area contributed by atoms with E-state index in [1.165, 1.54) is 12.3 Å². The summed E-state index contributed by atoms with van der Waals surface area (Å²) in [6, 6.07) is 3.17. The highest BCUT2D eigenvalue weighted by Crippen LogP contribution is 2.11. The van der Waals surface area contributed by atoms with Gasteiger partial charge in [0.2, 0.25) is 0 Å². The highest BCUT2D eigenvalue weighted by molar-refractivity contribution is 7.90. The van der Waals surface area contributed by atoms with E-state index < -0.39 is 9.84 Å². The number of nitrogens with zero attached hydrogens (tertiary/aromatic N) is 2. The van der Waals surface area contributed by atoms with Gasteiger partial charge >= 0.3 is 0 Å². The Morgan fingerprint density at radius 2 is 2.11 bits per heavy atom. The van der Waals surface area contributed by atoms with Gasteiger partial charge in [-0.05, 0) is 19.1 Å². The van der Waals surface area contributed by atoms with Gasteiger partial charge in [-0.25, -0.2) is 18.4 Å². The van der Waals surface area contributed by atoms with E-state index in [0.29, 0.717) is 6.54 Å². The third kappa shape index (κ3) is 2.86. The van der Waals surface area contributed by atoms with Crippen molar-refractivity contribution >= 4 is 15.5 Å². The zero-order valence-corrected chi connectivity index (χ0v) is 11.0. The smallest absolute Gasteiger partial charge is 0.192 e. The van der Waals surface area contributed by atoms with Crippen LogP contribution in [0.5, 0.6) is 0 Å². The molecule has 2 aromatic rings. The highest BCUT2D eigenvalue weighted by atomic mass is 32.2. The maximum Gasteiger partial charge on any atom is 0.192 e. The predicted molar refractivity (Wildman–Crippen MR) is 68.0 cm³/mol. The molecule has 0 spiro atoms. The molecule has 0 amide bonds. The number of rotatable bonds is 4. The molecule has 96 valence electrons. The Morgan fingerprint density at radius 1 is 1.33 bits per heavy atom. The van der Waals surface area contributed by atoms with E-state index in [1.54, 1.807) is 12.4 Å². The van der Waals surface area contributed by atoms with Gasteiger partial charge in [0.15, 0.2) is 14.9 Å². The van der Waals surface area contributed by atoms with Crippen LogP contribution in [0.3, 0.4) is 0 Å². The Balaban J connectivity index is 2.05. The molecule has 0 saturated heterocycles. The van der Waals surface area contributed by atoms with E-state index in [-0.39, 0.29) is 5.03 Å². The number of H-pyrrole nitrogens is 1. The molecule has 0 bridgehead atoms. The van der Waals surface area contributed by atoms with Gasteiger partial charge in [-0.3, -0.25) is 0 Å². The molecule has 6 nitrogen and oxygen atoms in total. The number of aromatic nitrogens is 3. The normalized spacial score (nSPS) is 11.4. The van der Waals surface area contributed by atoms with Crippen molar-refractivity contribution in [3.63, 3.8) is 0 Å². The molecule has 0 aliphatic carbocycles. The van der Waals surface area contributed by atoms with Crippen LogP contribution in [-0.4, -0.2) is 29.6 Å². The summed E-state index contributed by atoms with van der Waals surface area (Å²) in [7, 11) is -3.24. The third-order valence-electron chi connectivity index (χ3n) is 2.51. The molecule has 18 heavy (non-hydrogen) atoms. The number of anilines is 1. The second-order valence-electron chi connectivity index (χ2n) is 3.99. The second kappa shape index (κ2) is 4.77. The molecule has 0 aliphatic heterocycles. The number of aryl methyl sites for hydroxylation is 1. The fraction of sp³-hybridized carbons (Fsp3) is 0.273. The Morgan fingerprint density at radius 3 is 2.61 bits per heavy atom. The number of hydrogen-bond donors (Lipinski definition) is 2. The summed E-state index contributed by atoms with van der Waals surface area (Å²) in [6.45, 7) is 2.50. The lowest BCUT2D eigenvalue weighted by atomic mass is 10.3. The van der Waals surface area contributed by atoms with Crippen LogP contribution in [0.2, 0.25) is 0 Å². The first-order valence-corrected chi connectivity index (χ1v) is 7.25. The monoisotopic (exact) mass is 266 g/mol. The first-order valence-electron chi connectivity index (χ1n) is 5.35. The SMILES string of the molecule is Cc1[nH]cnc1CNc1ccc(S(C)(=O)=O)nc1. The van der Waals surface area contributed by atoms with Gasteiger partial charge in [-0.1, -0.05) is 0 Å². The molecule has 2 N–H and O–H groups in total. The molecule has 0 unspecified atom stereocenters. The van der Waals surface area contributed by atoms with Gasteiger partial charge in [-0.15, -0.1) is 0 Å². The van der Waals surface area contributed by atoms with Gasteiger partial charge < -0.3 is 10.3 Å². The van der Waals surface area contributed by atoms with Crippen LogP contribution < -0.4 is 5.32 Å². The molecule has 2 aromatic heterocycles. The maximum absolute atomic E-state index is 11.2. The quantitative estimate of drug-likeness (QED) is 0.866. The highest BCUT2D eigenvalue weighted by Gasteiger charge is 2.08. The summed E-state index contributed by atoms with van der Waals surface area (Å²) in [5.74, 6) is 0. The topological polar surface area (TPSA) is 87.7 Å².